The van der Waals surface area contributed by atoms with Crippen molar-refractivity contribution < 1.29 is 9.18 Å². The monoisotopic (exact) mass is 318 g/mol. The fraction of sp³-hybridized carbons (Fsp3) is 0.500. The summed E-state index contributed by atoms with van der Waals surface area (Å²) in [6.07, 6.45) is 4.67. The number of nitrogens with one attached hydrogen (secondary N) is 1. The van der Waals surface area contributed by atoms with E-state index < -0.39 is 11.2 Å². The van der Waals surface area contributed by atoms with Gasteiger partial charge in [0, 0.05) is 12.2 Å². The first-order valence-electron chi connectivity index (χ1n) is 6.64. The molecule has 1 aliphatic carbocycles. The van der Waals surface area contributed by atoms with Crippen LogP contribution in [0, 0.1) is 11.2 Å². The Bertz CT molecular complexity index is 493. The highest BCUT2D eigenvalue weighted by Gasteiger charge is 2.38. The van der Waals surface area contributed by atoms with Gasteiger partial charge in [-0.15, -0.1) is 0 Å². The van der Waals surface area contributed by atoms with Crippen molar-refractivity contribution in [2.75, 3.05) is 11.9 Å². The molecule has 1 aromatic rings. The number of nitrogens with two attached hydrogens (primary N) is 1. The zero-order valence-corrected chi connectivity index (χ0v) is 12.5. The number of hydrogen-bond acceptors (Lipinski definition) is 2. The maximum absolute atomic E-state index is 13.3. The first-order valence-corrected chi connectivity index (χ1v) is 7.40. The minimum absolute atomic E-state index is 0.113. The quantitative estimate of drug-likeness (QED) is 0.828. The second kappa shape index (κ2) is 6.29. The van der Waals surface area contributed by atoms with E-state index in [1.54, 1.807) is 0 Å². The van der Waals surface area contributed by atoms with Crippen molar-refractivity contribution in [1.29, 1.82) is 0 Å². The van der Waals surface area contributed by atoms with Gasteiger partial charge in [-0.05, 0) is 25.0 Å². The van der Waals surface area contributed by atoms with E-state index in [2.05, 4.69) is 5.32 Å². The van der Waals surface area contributed by atoms with Crippen LogP contribution >= 0.6 is 23.2 Å². The van der Waals surface area contributed by atoms with E-state index in [1.165, 1.54) is 12.1 Å². The van der Waals surface area contributed by atoms with Gasteiger partial charge < -0.3 is 11.1 Å². The topological polar surface area (TPSA) is 55.1 Å². The molecule has 0 radical (unpaired) electrons. The molecule has 0 aromatic heterocycles. The van der Waals surface area contributed by atoms with E-state index in [-0.39, 0.29) is 16.0 Å². The zero-order chi connectivity index (χ0) is 14.8. The Labute approximate surface area is 127 Å². The van der Waals surface area contributed by atoms with Crippen molar-refractivity contribution in [1.82, 2.24) is 0 Å². The molecule has 0 aliphatic heterocycles. The minimum Gasteiger partial charge on any atom is -0.329 e. The number of anilines is 1. The summed E-state index contributed by atoms with van der Waals surface area (Å²) in [5.41, 5.74) is 5.66. The third kappa shape index (κ3) is 3.08. The average molecular weight is 319 g/mol. The van der Waals surface area contributed by atoms with Gasteiger partial charge in [0.25, 0.3) is 0 Å². The molecule has 1 fully saturated rings. The van der Waals surface area contributed by atoms with E-state index in [9.17, 15) is 9.18 Å². The van der Waals surface area contributed by atoms with Crippen LogP contribution in [0.25, 0.3) is 0 Å². The van der Waals surface area contributed by atoms with Crippen LogP contribution in [-0.2, 0) is 4.79 Å². The van der Waals surface area contributed by atoms with Gasteiger partial charge in [-0.2, -0.15) is 0 Å². The summed E-state index contributed by atoms with van der Waals surface area (Å²) in [4.78, 5) is 12.5. The molecule has 0 heterocycles. The van der Waals surface area contributed by atoms with Gasteiger partial charge in [-0.25, -0.2) is 4.39 Å². The molecule has 6 heteroatoms. The summed E-state index contributed by atoms with van der Waals surface area (Å²) < 4.78 is 13.3. The van der Waals surface area contributed by atoms with E-state index in [4.69, 9.17) is 28.9 Å². The first-order chi connectivity index (χ1) is 9.48. The molecule has 20 heavy (non-hydrogen) atoms. The lowest BCUT2D eigenvalue weighted by Gasteiger charge is -2.34. The summed E-state index contributed by atoms with van der Waals surface area (Å²) in [6.45, 7) is 0.307. The van der Waals surface area contributed by atoms with E-state index in [1.807, 2.05) is 0 Å². The highest BCUT2D eigenvalue weighted by molar-refractivity contribution is 6.35. The maximum Gasteiger partial charge on any atom is 0.231 e. The molecule has 3 nitrogen and oxygen atoms in total. The standard InChI is InChI=1S/C14H17Cl2FN2O/c15-10-6-9(7-11(16)12(10)17)19-13(20)14(8-18)4-2-1-3-5-14/h6-7H,1-5,8,18H2,(H,19,20). The Kier molecular flexibility index (Phi) is 4.89. The van der Waals surface area contributed by atoms with Gasteiger partial charge >= 0.3 is 0 Å². The average Bonchev–Trinajstić information content (AvgIpc) is 2.45. The number of amides is 1. The molecule has 3 N–H and O–H groups in total. The van der Waals surface area contributed by atoms with Gasteiger partial charge in [0.2, 0.25) is 5.91 Å². The third-order valence-corrected chi connectivity index (χ3v) is 4.47. The molecule has 2 rings (SSSR count). The van der Waals surface area contributed by atoms with Crippen molar-refractivity contribution in [3.63, 3.8) is 0 Å². The van der Waals surface area contributed by atoms with Gasteiger partial charge in [0.1, 0.15) is 0 Å². The normalized spacial score (nSPS) is 17.8. The first kappa shape index (κ1) is 15.5. The number of carbonyl (C=O) groups is 1. The van der Waals surface area contributed by atoms with Crippen LogP contribution in [0.5, 0.6) is 0 Å². The maximum atomic E-state index is 13.3. The highest BCUT2D eigenvalue weighted by atomic mass is 35.5. The van der Waals surface area contributed by atoms with Crippen LogP contribution in [0.4, 0.5) is 10.1 Å². The summed E-state index contributed by atoms with van der Waals surface area (Å²) in [5.74, 6) is -0.823. The Balaban J connectivity index is 2.18. The summed E-state index contributed by atoms with van der Waals surface area (Å²) >= 11 is 11.4. The molecular weight excluding hydrogens is 302 g/mol. The molecule has 0 atom stereocenters. The lowest BCUT2D eigenvalue weighted by Crippen LogP contribution is -2.43. The van der Waals surface area contributed by atoms with Crippen molar-refractivity contribution in [3.05, 3.63) is 28.0 Å². The van der Waals surface area contributed by atoms with Gasteiger partial charge in [-0.3, -0.25) is 4.79 Å². The third-order valence-electron chi connectivity index (χ3n) is 3.92. The summed E-state index contributed by atoms with van der Waals surface area (Å²) in [7, 11) is 0. The largest absolute Gasteiger partial charge is 0.329 e. The highest BCUT2D eigenvalue weighted by Crippen LogP contribution is 2.37. The predicted molar refractivity (Wildman–Crippen MR) is 79.6 cm³/mol. The van der Waals surface area contributed by atoms with Crippen LogP contribution in [0.3, 0.4) is 0 Å². The molecule has 0 unspecified atom stereocenters. The van der Waals surface area contributed by atoms with Crippen molar-refractivity contribution >= 4 is 34.8 Å². The lowest BCUT2D eigenvalue weighted by molar-refractivity contribution is -0.126. The lowest BCUT2D eigenvalue weighted by atomic mass is 9.73. The fourth-order valence-electron chi connectivity index (χ4n) is 2.64. The Morgan fingerprint density at radius 2 is 1.80 bits per heavy atom. The number of rotatable bonds is 3. The Morgan fingerprint density at radius 1 is 1.25 bits per heavy atom. The summed E-state index contributed by atoms with van der Waals surface area (Å²) in [6, 6.07) is 2.71. The second-order valence-electron chi connectivity index (χ2n) is 5.25. The SMILES string of the molecule is NCC1(C(=O)Nc2cc(Cl)c(F)c(Cl)c2)CCCCC1. The summed E-state index contributed by atoms with van der Waals surface area (Å²) in [5, 5.41) is 2.53. The van der Waals surface area contributed by atoms with E-state index >= 15 is 0 Å². The zero-order valence-electron chi connectivity index (χ0n) is 11.0. The minimum atomic E-state index is -0.683. The molecule has 1 amide bonds. The van der Waals surface area contributed by atoms with Crippen molar-refractivity contribution in [2.45, 2.75) is 32.1 Å². The smallest absolute Gasteiger partial charge is 0.231 e. The number of hydrogen-bond donors (Lipinski definition) is 2. The number of carbonyl (C=O) groups excluding carboxylic acids is 1. The van der Waals surface area contributed by atoms with Crippen LogP contribution in [0.15, 0.2) is 12.1 Å². The number of halogens is 3. The van der Waals surface area contributed by atoms with Gasteiger partial charge in [0.15, 0.2) is 5.82 Å². The van der Waals surface area contributed by atoms with Crippen LogP contribution in [0.1, 0.15) is 32.1 Å². The van der Waals surface area contributed by atoms with Gasteiger partial charge in [0.05, 0.1) is 15.5 Å². The van der Waals surface area contributed by atoms with Gasteiger partial charge in [-0.1, -0.05) is 42.5 Å². The van der Waals surface area contributed by atoms with Crippen LogP contribution in [0.2, 0.25) is 10.0 Å². The Morgan fingerprint density at radius 3 is 2.30 bits per heavy atom. The predicted octanol–water partition coefficient (Wildman–Crippen LogP) is 3.98. The molecule has 1 aliphatic rings. The molecule has 1 saturated carbocycles. The molecular formula is C14H17Cl2FN2O. The molecule has 0 spiro atoms. The van der Waals surface area contributed by atoms with Crippen LogP contribution in [-0.4, -0.2) is 12.5 Å². The van der Waals surface area contributed by atoms with Crippen LogP contribution < -0.4 is 11.1 Å². The van der Waals surface area contributed by atoms with Crippen molar-refractivity contribution in [3.8, 4) is 0 Å². The molecule has 110 valence electrons. The van der Waals surface area contributed by atoms with E-state index in [0.29, 0.717) is 12.2 Å². The molecule has 0 saturated heterocycles. The number of benzene rings is 1. The van der Waals surface area contributed by atoms with E-state index in [0.717, 1.165) is 32.1 Å². The Hall–Kier alpha value is -0.840. The van der Waals surface area contributed by atoms with Crippen molar-refractivity contribution in [2.24, 2.45) is 11.1 Å². The molecule has 0 bridgehead atoms. The fourth-order valence-corrected chi connectivity index (χ4v) is 3.13. The second-order valence-corrected chi connectivity index (χ2v) is 6.07. The molecule has 1 aromatic carbocycles.